The van der Waals surface area contributed by atoms with Crippen molar-refractivity contribution in [3.8, 4) is 5.75 Å². The maximum Gasteiger partial charge on any atom is 0.253 e. The van der Waals surface area contributed by atoms with Crippen molar-refractivity contribution < 1.29 is 9.53 Å². The molecule has 0 N–H and O–H groups in total. The van der Waals surface area contributed by atoms with Gasteiger partial charge in [0.05, 0.1) is 6.61 Å². The van der Waals surface area contributed by atoms with Gasteiger partial charge in [-0.2, -0.15) is 0 Å². The van der Waals surface area contributed by atoms with Crippen LogP contribution in [0.4, 0.5) is 0 Å². The Labute approximate surface area is 110 Å². The predicted molar refractivity (Wildman–Crippen MR) is 74.1 cm³/mol. The van der Waals surface area contributed by atoms with Gasteiger partial charge in [-0.25, -0.2) is 0 Å². The zero-order chi connectivity index (χ0) is 13.4. The summed E-state index contributed by atoms with van der Waals surface area (Å²) in [6, 6.07) is 7.37. The second kappa shape index (κ2) is 7.75. The van der Waals surface area contributed by atoms with E-state index in [0.717, 1.165) is 37.1 Å². The Balaban J connectivity index is 2.58. The fraction of sp³-hybridized carbons (Fsp3) is 0.533. The van der Waals surface area contributed by atoms with Crippen molar-refractivity contribution >= 4 is 5.91 Å². The first-order valence-electron chi connectivity index (χ1n) is 6.67. The summed E-state index contributed by atoms with van der Waals surface area (Å²) >= 11 is 0. The Morgan fingerprint density at radius 3 is 2.39 bits per heavy atom. The van der Waals surface area contributed by atoms with Crippen LogP contribution in [-0.2, 0) is 0 Å². The average Bonchev–Trinajstić information content (AvgIpc) is 2.42. The molecule has 0 atom stereocenters. The monoisotopic (exact) mass is 249 g/mol. The highest BCUT2D eigenvalue weighted by atomic mass is 16.5. The Morgan fingerprint density at radius 1 is 1.17 bits per heavy atom. The Kier molecular flexibility index (Phi) is 6.26. The Bertz CT molecular complexity index is 359. The molecule has 100 valence electrons. The number of hydrogen-bond acceptors (Lipinski definition) is 2. The van der Waals surface area contributed by atoms with E-state index in [1.54, 1.807) is 4.90 Å². The standard InChI is InChI=1S/C15H23NO2/c1-4-6-11-16(3)15(17)13-7-9-14(10-8-13)18-12-5-2/h7-10H,4-6,11-12H2,1-3H3. The largest absolute Gasteiger partial charge is 0.494 e. The topological polar surface area (TPSA) is 29.5 Å². The van der Waals surface area contributed by atoms with Crippen molar-refractivity contribution in [2.24, 2.45) is 0 Å². The molecule has 0 bridgehead atoms. The van der Waals surface area contributed by atoms with E-state index in [1.165, 1.54) is 0 Å². The molecule has 0 aliphatic heterocycles. The van der Waals surface area contributed by atoms with Crippen LogP contribution >= 0.6 is 0 Å². The normalized spacial score (nSPS) is 10.2. The number of hydrogen-bond donors (Lipinski definition) is 0. The lowest BCUT2D eigenvalue weighted by Gasteiger charge is -2.16. The van der Waals surface area contributed by atoms with Crippen molar-refractivity contribution in [1.29, 1.82) is 0 Å². The lowest BCUT2D eigenvalue weighted by atomic mass is 10.2. The second-order valence-electron chi connectivity index (χ2n) is 4.45. The second-order valence-corrected chi connectivity index (χ2v) is 4.45. The van der Waals surface area contributed by atoms with Crippen LogP contribution in [0.3, 0.4) is 0 Å². The maximum absolute atomic E-state index is 12.1. The van der Waals surface area contributed by atoms with Gasteiger partial charge in [-0.15, -0.1) is 0 Å². The molecule has 0 radical (unpaired) electrons. The van der Waals surface area contributed by atoms with Crippen LogP contribution < -0.4 is 4.74 Å². The van der Waals surface area contributed by atoms with Gasteiger partial charge in [0.1, 0.15) is 5.75 Å². The third-order valence-corrected chi connectivity index (χ3v) is 2.77. The van der Waals surface area contributed by atoms with Crippen LogP contribution in [0.1, 0.15) is 43.5 Å². The first-order chi connectivity index (χ1) is 8.69. The Morgan fingerprint density at radius 2 is 1.83 bits per heavy atom. The highest BCUT2D eigenvalue weighted by molar-refractivity contribution is 5.94. The van der Waals surface area contributed by atoms with Crippen molar-refractivity contribution in [3.63, 3.8) is 0 Å². The number of carbonyl (C=O) groups excluding carboxylic acids is 1. The molecule has 0 spiro atoms. The van der Waals surface area contributed by atoms with Gasteiger partial charge >= 0.3 is 0 Å². The van der Waals surface area contributed by atoms with E-state index in [9.17, 15) is 4.79 Å². The highest BCUT2D eigenvalue weighted by Gasteiger charge is 2.10. The minimum Gasteiger partial charge on any atom is -0.494 e. The van der Waals surface area contributed by atoms with Gasteiger partial charge in [0.15, 0.2) is 0 Å². The summed E-state index contributed by atoms with van der Waals surface area (Å²) in [6.07, 6.45) is 3.13. The van der Waals surface area contributed by atoms with Crippen LogP contribution in [0.15, 0.2) is 24.3 Å². The van der Waals surface area contributed by atoms with Gasteiger partial charge in [-0.1, -0.05) is 20.3 Å². The predicted octanol–water partition coefficient (Wildman–Crippen LogP) is 3.35. The lowest BCUT2D eigenvalue weighted by Crippen LogP contribution is -2.27. The van der Waals surface area contributed by atoms with E-state index in [0.29, 0.717) is 6.61 Å². The molecule has 18 heavy (non-hydrogen) atoms. The van der Waals surface area contributed by atoms with E-state index < -0.39 is 0 Å². The number of rotatable bonds is 7. The minimum atomic E-state index is 0.0745. The summed E-state index contributed by atoms with van der Waals surface area (Å²) in [6.45, 7) is 5.71. The van der Waals surface area contributed by atoms with Gasteiger partial charge in [-0.3, -0.25) is 4.79 Å². The number of amides is 1. The molecular weight excluding hydrogens is 226 g/mol. The van der Waals surface area contributed by atoms with Crippen molar-refractivity contribution in [2.45, 2.75) is 33.1 Å². The van der Waals surface area contributed by atoms with Crippen LogP contribution in [0.5, 0.6) is 5.75 Å². The quantitative estimate of drug-likeness (QED) is 0.741. The average molecular weight is 249 g/mol. The number of benzene rings is 1. The molecule has 0 aliphatic rings. The van der Waals surface area contributed by atoms with Gasteiger partial charge < -0.3 is 9.64 Å². The fourth-order valence-electron chi connectivity index (χ4n) is 1.63. The molecule has 3 heteroatoms. The lowest BCUT2D eigenvalue weighted by molar-refractivity contribution is 0.0793. The summed E-state index contributed by atoms with van der Waals surface area (Å²) in [7, 11) is 1.85. The number of unbranched alkanes of at least 4 members (excludes halogenated alkanes) is 1. The van der Waals surface area contributed by atoms with Gasteiger partial charge in [0.2, 0.25) is 0 Å². The van der Waals surface area contributed by atoms with Crippen molar-refractivity contribution in [2.75, 3.05) is 20.2 Å². The summed E-state index contributed by atoms with van der Waals surface area (Å²) < 4.78 is 5.49. The van der Waals surface area contributed by atoms with Crippen molar-refractivity contribution in [1.82, 2.24) is 4.90 Å². The first kappa shape index (κ1) is 14.6. The molecule has 1 rings (SSSR count). The van der Waals surface area contributed by atoms with E-state index >= 15 is 0 Å². The van der Waals surface area contributed by atoms with E-state index in [4.69, 9.17) is 4.74 Å². The molecular formula is C15H23NO2. The number of ether oxygens (including phenoxy) is 1. The Hall–Kier alpha value is -1.51. The SMILES string of the molecule is CCCCN(C)C(=O)c1ccc(OCCC)cc1. The summed E-state index contributed by atoms with van der Waals surface area (Å²) in [4.78, 5) is 13.8. The third kappa shape index (κ3) is 4.40. The van der Waals surface area contributed by atoms with Gasteiger partial charge in [0.25, 0.3) is 5.91 Å². The molecule has 0 saturated heterocycles. The third-order valence-electron chi connectivity index (χ3n) is 2.77. The van der Waals surface area contributed by atoms with Crippen molar-refractivity contribution in [3.05, 3.63) is 29.8 Å². The molecule has 0 aliphatic carbocycles. The highest BCUT2D eigenvalue weighted by Crippen LogP contribution is 2.13. The van der Waals surface area contributed by atoms with Gasteiger partial charge in [0, 0.05) is 19.2 Å². The van der Waals surface area contributed by atoms with Crippen LogP contribution in [0, 0.1) is 0 Å². The summed E-state index contributed by atoms with van der Waals surface area (Å²) in [5, 5.41) is 0. The molecule has 0 fully saturated rings. The molecule has 3 nitrogen and oxygen atoms in total. The van der Waals surface area contributed by atoms with E-state index in [-0.39, 0.29) is 5.91 Å². The number of carbonyl (C=O) groups is 1. The number of nitrogens with zero attached hydrogens (tertiary/aromatic N) is 1. The summed E-state index contributed by atoms with van der Waals surface area (Å²) in [5.74, 6) is 0.898. The van der Waals surface area contributed by atoms with Crippen LogP contribution in [0.25, 0.3) is 0 Å². The molecule has 0 saturated carbocycles. The van der Waals surface area contributed by atoms with Crippen LogP contribution in [-0.4, -0.2) is 31.0 Å². The van der Waals surface area contributed by atoms with E-state index in [2.05, 4.69) is 13.8 Å². The molecule has 0 unspecified atom stereocenters. The zero-order valence-electron chi connectivity index (χ0n) is 11.6. The first-order valence-corrected chi connectivity index (χ1v) is 6.67. The molecule has 0 heterocycles. The molecule has 1 amide bonds. The maximum atomic E-state index is 12.1. The smallest absolute Gasteiger partial charge is 0.253 e. The molecule has 1 aromatic rings. The molecule has 0 aromatic heterocycles. The summed E-state index contributed by atoms with van der Waals surface area (Å²) in [5.41, 5.74) is 0.720. The van der Waals surface area contributed by atoms with Crippen LogP contribution in [0.2, 0.25) is 0 Å². The minimum absolute atomic E-state index is 0.0745. The van der Waals surface area contributed by atoms with Gasteiger partial charge in [-0.05, 0) is 37.1 Å². The fourth-order valence-corrected chi connectivity index (χ4v) is 1.63. The van der Waals surface area contributed by atoms with E-state index in [1.807, 2.05) is 31.3 Å². The zero-order valence-corrected chi connectivity index (χ0v) is 11.6. The molecule has 1 aromatic carbocycles.